The predicted octanol–water partition coefficient (Wildman–Crippen LogP) is 5.01. The highest BCUT2D eigenvalue weighted by Gasteiger charge is 2.35. The molecular formula is C24H30ClN3O2. The van der Waals surface area contributed by atoms with Crippen LogP contribution in [0.3, 0.4) is 0 Å². The average Bonchev–Trinajstić information content (AvgIpc) is 3.17. The van der Waals surface area contributed by atoms with Crippen molar-refractivity contribution in [1.82, 2.24) is 15.2 Å². The second kappa shape index (κ2) is 9.17. The Morgan fingerprint density at radius 3 is 2.57 bits per heavy atom. The van der Waals surface area contributed by atoms with E-state index in [1.165, 1.54) is 0 Å². The number of pyridine rings is 1. The molecule has 30 heavy (non-hydrogen) atoms. The van der Waals surface area contributed by atoms with Crippen LogP contribution in [0, 0.1) is 5.41 Å². The topological polar surface area (TPSA) is 62.3 Å². The molecule has 1 aromatic carbocycles. The van der Waals surface area contributed by atoms with Crippen molar-refractivity contribution < 1.29 is 9.59 Å². The zero-order chi connectivity index (χ0) is 21.9. The number of nitrogens with one attached hydrogen (secondary N) is 1. The number of benzene rings is 1. The van der Waals surface area contributed by atoms with Crippen LogP contribution < -0.4 is 5.32 Å². The average molecular weight is 428 g/mol. The Morgan fingerprint density at radius 2 is 1.93 bits per heavy atom. The molecule has 160 valence electrons. The first-order valence-electron chi connectivity index (χ1n) is 10.5. The second-order valence-corrected chi connectivity index (χ2v) is 9.60. The van der Waals surface area contributed by atoms with E-state index in [1.54, 1.807) is 17.3 Å². The maximum absolute atomic E-state index is 12.9. The fraction of sp³-hybridized carbons (Fsp3) is 0.458. The third-order valence-corrected chi connectivity index (χ3v) is 5.71. The summed E-state index contributed by atoms with van der Waals surface area (Å²) in [5.74, 6) is -0.0186. The molecule has 0 aliphatic carbocycles. The van der Waals surface area contributed by atoms with Gasteiger partial charge in [0.25, 0.3) is 0 Å². The molecular weight excluding hydrogens is 398 g/mol. The quantitative estimate of drug-likeness (QED) is 0.729. The fourth-order valence-electron chi connectivity index (χ4n) is 3.85. The summed E-state index contributed by atoms with van der Waals surface area (Å²) in [6.07, 6.45) is 5.37. The van der Waals surface area contributed by atoms with E-state index in [0.717, 1.165) is 23.1 Å². The number of aromatic nitrogens is 1. The van der Waals surface area contributed by atoms with Crippen LogP contribution in [0.25, 0.3) is 11.1 Å². The van der Waals surface area contributed by atoms with Gasteiger partial charge in [-0.25, -0.2) is 0 Å². The molecule has 2 amide bonds. The van der Waals surface area contributed by atoms with Crippen LogP contribution in [0.4, 0.5) is 0 Å². The fourth-order valence-corrected chi connectivity index (χ4v) is 4.08. The number of nitrogens with zero attached hydrogens (tertiary/aromatic N) is 2. The van der Waals surface area contributed by atoms with E-state index in [-0.39, 0.29) is 29.3 Å². The lowest BCUT2D eigenvalue weighted by Crippen LogP contribution is -2.47. The molecule has 0 radical (unpaired) electrons. The molecule has 0 bridgehead atoms. The van der Waals surface area contributed by atoms with E-state index in [2.05, 4.69) is 10.3 Å². The van der Waals surface area contributed by atoms with Crippen LogP contribution in [0.15, 0.2) is 42.7 Å². The minimum atomic E-state index is -0.378. The highest BCUT2D eigenvalue weighted by Crippen LogP contribution is 2.28. The normalized spacial score (nSPS) is 17.6. The standard InChI is InChI=1S/C24H30ClN3O2/c1-16(17-7-9-18(10-8-17)19-11-12-26-15-20(19)25)27-23(30)21-6-5-13-28(21)22(29)14-24(2,3)4/h7-12,15-16,21H,5-6,13-14H2,1-4H3,(H,27,30). The van der Waals surface area contributed by atoms with Gasteiger partial charge < -0.3 is 10.2 Å². The molecule has 1 fully saturated rings. The molecule has 1 saturated heterocycles. The largest absolute Gasteiger partial charge is 0.348 e. The van der Waals surface area contributed by atoms with Gasteiger partial charge in [0.1, 0.15) is 6.04 Å². The molecule has 1 aliphatic heterocycles. The first-order chi connectivity index (χ1) is 14.2. The lowest BCUT2D eigenvalue weighted by molar-refractivity contribution is -0.140. The predicted molar refractivity (Wildman–Crippen MR) is 120 cm³/mol. The van der Waals surface area contributed by atoms with Gasteiger partial charge in [-0.05, 0) is 42.4 Å². The summed E-state index contributed by atoms with van der Waals surface area (Å²) in [4.78, 5) is 31.3. The monoisotopic (exact) mass is 427 g/mol. The summed E-state index contributed by atoms with van der Waals surface area (Å²) in [6, 6.07) is 9.33. The summed E-state index contributed by atoms with van der Waals surface area (Å²) in [5, 5.41) is 3.69. The Balaban J connectivity index is 1.65. The maximum Gasteiger partial charge on any atom is 0.243 e. The van der Waals surface area contributed by atoms with E-state index >= 15 is 0 Å². The van der Waals surface area contributed by atoms with Crippen LogP contribution in [-0.2, 0) is 9.59 Å². The molecule has 2 aromatic rings. The smallest absolute Gasteiger partial charge is 0.243 e. The van der Waals surface area contributed by atoms with Gasteiger partial charge in [0.05, 0.1) is 11.1 Å². The van der Waals surface area contributed by atoms with Crippen LogP contribution in [0.1, 0.15) is 58.6 Å². The van der Waals surface area contributed by atoms with E-state index in [4.69, 9.17) is 11.6 Å². The Kier molecular flexibility index (Phi) is 6.81. The van der Waals surface area contributed by atoms with Crippen molar-refractivity contribution in [3.05, 3.63) is 53.3 Å². The molecule has 2 unspecified atom stereocenters. The Bertz CT molecular complexity index is 905. The van der Waals surface area contributed by atoms with Crippen molar-refractivity contribution in [2.75, 3.05) is 6.54 Å². The van der Waals surface area contributed by atoms with Crippen LogP contribution >= 0.6 is 11.6 Å². The van der Waals surface area contributed by atoms with Crippen molar-refractivity contribution in [3.63, 3.8) is 0 Å². The number of carbonyl (C=O) groups excluding carboxylic acids is 2. The van der Waals surface area contributed by atoms with Gasteiger partial charge in [0, 0.05) is 30.9 Å². The first-order valence-corrected chi connectivity index (χ1v) is 10.8. The molecule has 6 heteroatoms. The Labute approximate surface area is 183 Å². The van der Waals surface area contributed by atoms with Crippen molar-refractivity contribution in [1.29, 1.82) is 0 Å². The lowest BCUT2D eigenvalue weighted by Gasteiger charge is -2.28. The minimum Gasteiger partial charge on any atom is -0.348 e. The van der Waals surface area contributed by atoms with E-state index in [0.29, 0.717) is 24.4 Å². The number of hydrogen-bond acceptors (Lipinski definition) is 3. The highest BCUT2D eigenvalue weighted by molar-refractivity contribution is 6.33. The van der Waals surface area contributed by atoms with Crippen LogP contribution in [0.2, 0.25) is 5.02 Å². The van der Waals surface area contributed by atoms with Crippen molar-refractivity contribution in [2.24, 2.45) is 5.41 Å². The third kappa shape index (κ3) is 5.39. The van der Waals surface area contributed by atoms with Gasteiger partial charge in [-0.15, -0.1) is 0 Å². The van der Waals surface area contributed by atoms with Crippen LogP contribution in [-0.4, -0.2) is 34.3 Å². The van der Waals surface area contributed by atoms with E-state index < -0.39 is 0 Å². The summed E-state index contributed by atoms with van der Waals surface area (Å²) >= 11 is 6.23. The minimum absolute atomic E-state index is 0.0615. The second-order valence-electron chi connectivity index (χ2n) is 9.19. The number of rotatable bonds is 5. The van der Waals surface area contributed by atoms with E-state index in [9.17, 15) is 9.59 Å². The Hall–Kier alpha value is -2.40. The number of carbonyl (C=O) groups is 2. The van der Waals surface area contributed by atoms with Crippen molar-refractivity contribution in [3.8, 4) is 11.1 Å². The number of amides is 2. The summed E-state index contributed by atoms with van der Waals surface area (Å²) in [6.45, 7) is 8.74. The molecule has 0 saturated carbocycles. The zero-order valence-electron chi connectivity index (χ0n) is 18.1. The van der Waals surface area contributed by atoms with Gasteiger partial charge in [-0.3, -0.25) is 14.6 Å². The molecule has 2 atom stereocenters. The number of likely N-dealkylation sites (tertiary alicyclic amines) is 1. The van der Waals surface area contributed by atoms with Gasteiger partial charge in [-0.2, -0.15) is 0 Å². The van der Waals surface area contributed by atoms with E-state index in [1.807, 2.05) is 58.0 Å². The third-order valence-electron chi connectivity index (χ3n) is 5.41. The summed E-state index contributed by atoms with van der Waals surface area (Å²) in [7, 11) is 0. The first kappa shape index (κ1) is 22.3. The summed E-state index contributed by atoms with van der Waals surface area (Å²) in [5.41, 5.74) is 2.84. The molecule has 0 spiro atoms. The number of halogens is 1. The molecule has 1 aromatic heterocycles. The van der Waals surface area contributed by atoms with Crippen molar-refractivity contribution >= 4 is 23.4 Å². The molecule has 3 rings (SSSR count). The molecule has 5 nitrogen and oxygen atoms in total. The lowest BCUT2D eigenvalue weighted by atomic mass is 9.91. The SMILES string of the molecule is CC(NC(=O)C1CCCN1C(=O)CC(C)(C)C)c1ccc(-c2ccncc2Cl)cc1. The van der Waals surface area contributed by atoms with Gasteiger partial charge in [0.2, 0.25) is 11.8 Å². The molecule has 1 aliphatic rings. The summed E-state index contributed by atoms with van der Waals surface area (Å²) < 4.78 is 0. The van der Waals surface area contributed by atoms with Gasteiger partial charge in [-0.1, -0.05) is 56.6 Å². The molecule has 2 heterocycles. The number of hydrogen-bond donors (Lipinski definition) is 1. The van der Waals surface area contributed by atoms with Gasteiger partial charge in [0.15, 0.2) is 0 Å². The highest BCUT2D eigenvalue weighted by atomic mass is 35.5. The van der Waals surface area contributed by atoms with Crippen molar-refractivity contribution in [2.45, 2.75) is 59.0 Å². The van der Waals surface area contributed by atoms with Gasteiger partial charge >= 0.3 is 0 Å². The maximum atomic E-state index is 12.9. The Morgan fingerprint density at radius 1 is 1.23 bits per heavy atom. The van der Waals surface area contributed by atoms with Crippen LogP contribution in [0.5, 0.6) is 0 Å². The zero-order valence-corrected chi connectivity index (χ0v) is 18.9. The molecule has 1 N–H and O–H groups in total.